The summed E-state index contributed by atoms with van der Waals surface area (Å²) in [6, 6.07) is 0.290. The van der Waals surface area contributed by atoms with Crippen LogP contribution in [0.4, 0.5) is 4.79 Å². The van der Waals surface area contributed by atoms with E-state index >= 15 is 0 Å². The van der Waals surface area contributed by atoms with Crippen LogP contribution in [0.15, 0.2) is 0 Å². The number of nitrogens with one attached hydrogen (secondary N) is 1. The van der Waals surface area contributed by atoms with Crippen LogP contribution >= 0.6 is 0 Å². The van der Waals surface area contributed by atoms with Gasteiger partial charge < -0.3 is 15.3 Å². The van der Waals surface area contributed by atoms with E-state index in [4.69, 9.17) is 0 Å². The van der Waals surface area contributed by atoms with E-state index in [1.54, 1.807) is 6.92 Å². The molecule has 120 valence electrons. The van der Waals surface area contributed by atoms with Crippen LogP contribution in [0.3, 0.4) is 0 Å². The second-order valence-corrected chi connectivity index (χ2v) is 6.83. The van der Waals surface area contributed by atoms with Crippen LogP contribution in [0.2, 0.25) is 0 Å². The highest BCUT2D eigenvalue weighted by molar-refractivity contribution is 5.78. The van der Waals surface area contributed by atoms with E-state index in [1.807, 2.05) is 11.8 Å². The van der Waals surface area contributed by atoms with E-state index in [9.17, 15) is 14.7 Å². The van der Waals surface area contributed by atoms with Gasteiger partial charge in [-0.3, -0.25) is 4.79 Å². The van der Waals surface area contributed by atoms with Crippen LogP contribution in [0.25, 0.3) is 0 Å². The van der Waals surface area contributed by atoms with Crippen molar-refractivity contribution < 1.29 is 14.7 Å². The van der Waals surface area contributed by atoms with Gasteiger partial charge in [0.25, 0.3) is 0 Å². The molecule has 3 atom stereocenters. The first kappa shape index (κ1) is 16.1. The van der Waals surface area contributed by atoms with Gasteiger partial charge in [0.2, 0.25) is 0 Å². The average Bonchev–Trinajstić information content (AvgIpc) is 2.51. The zero-order valence-corrected chi connectivity index (χ0v) is 13.2. The van der Waals surface area contributed by atoms with Crippen molar-refractivity contribution in [2.75, 3.05) is 13.1 Å². The van der Waals surface area contributed by atoms with Gasteiger partial charge in [-0.15, -0.1) is 0 Å². The summed E-state index contributed by atoms with van der Waals surface area (Å²) in [4.78, 5) is 25.7. The van der Waals surface area contributed by atoms with E-state index < -0.39 is 11.4 Å². The van der Waals surface area contributed by atoms with Crippen molar-refractivity contribution in [3.05, 3.63) is 0 Å². The molecule has 1 unspecified atom stereocenters. The molecule has 1 saturated carbocycles. The Morgan fingerprint density at radius 1 is 1.24 bits per heavy atom. The second-order valence-electron chi connectivity index (χ2n) is 6.83. The molecule has 1 aliphatic carbocycles. The van der Waals surface area contributed by atoms with Crippen molar-refractivity contribution >= 4 is 12.0 Å². The summed E-state index contributed by atoms with van der Waals surface area (Å²) in [5, 5.41) is 12.1. The van der Waals surface area contributed by atoms with Gasteiger partial charge in [0, 0.05) is 19.1 Å². The van der Waals surface area contributed by atoms with E-state index in [0.29, 0.717) is 18.4 Å². The van der Waals surface area contributed by atoms with Crippen molar-refractivity contribution in [2.45, 2.75) is 64.8 Å². The van der Waals surface area contributed by atoms with Gasteiger partial charge in [-0.1, -0.05) is 19.8 Å². The Hall–Kier alpha value is -1.26. The number of hydrogen-bond acceptors (Lipinski definition) is 2. The molecule has 1 heterocycles. The third-order valence-corrected chi connectivity index (χ3v) is 5.43. The summed E-state index contributed by atoms with van der Waals surface area (Å²) in [5.74, 6) is -0.199. The minimum absolute atomic E-state index is 0.0764. The van der Waals surface area contributed by atoms with Gasteiger partial charge in [-0.2, -0.15) is 0 Å². The lowest BCUT2D eigenvalue weighted by Crippen LogP contribution is -2.54. The fraction of sp³-hybridized carbons (Fsp3) is 0.875. The molecular weight excluding hydrogens is 268 g/mol. The summed E-state index contributed by atoms with van der Waals surface area (Å²) in [7, 11) is 0. The SMILES string of the molecule is CCC(C)(CNC(=O)N1CCC[C@H]2CCCC[C@H]21)C(=O)O. The summed E-state index contributed by atoms with van der Waals surface area (Å²) < 4.78 is 0. The quantitative estimate of drug-likeness (QED) is 0.838. The van der Waals surface area contributed by atoms with Crippen molar-refractivity contribution in [1.29, 1.82) is 0 Å². The number of carbonyl (C=O) groups excluding carboxylic acids is 1. The lowest BCUT2D eigenvalue weighted by Gasteiger charge is -2.44. The average molecular weight is 296 g/mol. The Bertz CT molecular complexity index is 397. The van der Waals surface area contributed by atoms with Gasteiger partial charge in [-0.05, 0) is 44.9 Å². The third kappa shape index (κ3) is 3.50. The first-order valence-electron chi connectivity index (χ1n) is 8.26. The second kappa shape index (κ2) is 6.67. The number of hydrogen-bond donors (Lipinski definition) is 2. The number of carboxylic acids is 1. The lowest BCUT2D eigenvalue weighted by atomic mass is 9.78. The summed E-state index contributed by atoms with van der Waals surface area (Å²) in [6.07, 6.45) is 7.62. The number of rotatable bonds is 4. The molecule has 0 spiro atoms. The number of amides is 2. The van der Waals surface area contributed by atoms with Crippen molar-refractivity contribution in [3.8, 4) is 0 Å². The fourth-order valence-corrected chi connectivity index (χ4v) is 3.60. The standard InChI is InChI=1S/C16H28N2O3/c1-3-16(2,14(19)20)11-17-15(21)18-10-6-8-12-7-4-5-9-13(12)18/h12-13H,3-11H2,1-2H3,(H,17,21)(H,19,20)/t12-,13-,16?/m1/s1. The number of nitrogens with zero attached hydrogens (tertiary/aromatic N) is 1. The fourth-order valence-electron chi connectivity index (χ4n) is 3.60. The summed E-state index contributed by atoms with van der Waals surface area (Å²) >= 11 is 0. The number of piperidine rings is 1. The molecule has 0 bridgehead atoms. The predicted molar refractivity (Wildman–Crippen MR) is 81.1 cm³/mol. The van der Waals surface area contributed by atoms with Crippen molar-refractivity contribution in [3.63, 3.8) is 0 Å². The molecule has 1 aliphatic heterocycles. The number of likely N-dealkylation sites (tertiary alicyclic amines) is 1. The number of carbonyl (C=O) groups is 2. The predicted octanol–water partition coefficient (Wildman–Crippen LogP) is 2.85. The van der Waals surface area contributed by atoms with Gasteiger partial charge in [-0.25, -0.2) is 4.79 Å². The Kier molecular flexibility index (Phi) is 5.12. The molecule has 5 nitrogen and oxygen atoms in total. The van der Waals surface area contributed by atoms with Crippen LogP contribution in [-0.2, 0) is 4.79 Å². The number of aliphatic carboxylic acids is 1. The molecule has 2 fully saturated rings. The van der Waals surface area contributed by atoms with E-state index in [1.165, 1.54) is 25.7 Å². The molecule has 2 rings (SSSR count). The molecule has 2 N–H and O–H groups in total. The number of urea groups is 1. The van der Waals surface area contributed by atoms with Crippen LogP contribution in [0.5, 0.6) is 0 Å². The van der Waals surface area contributed by atoms with Crippen LogP contribution in [-0.4, -0.2) is 41.1 Å². The van der Waals surface area contributed by atoms with Crippen LogP contribution in [0, 0.1) is 11.3 Å². The third-order valence-electron chi connectivity index (χ3n) is 5.43. The van der Waals surface area contributed by atoms with Crippen LogP contribution < -0.4 is 5.32 Å². The largest absolute Gasteiger partial charge is 0.481 e. The van der Waals surface area contributed by atoms with Gasteiger partial charge in [0.15, 0.2) is 0 Å². The van der Waals surface area contributed by atoms with E-state index in [0.717, 1.165) is 19.4 Å². The Balaban J connectivity index is 1.94. The highest BCUT2D eigenvalue weighted by Gasteiger charge is 2.37. The summed E-state index contributed by atoms with van der Waals surface area (Å²) in [5.41, 5.74) is -0.878. The molecule has 1 saturated heterocycles. The molecule has 0 aromatic heterocycles. The molecule has 0 aromatic rings. The zero-order valence-electron chi connectivity index (χ0n) is 13.2. The molecule has 5 heteroatoms. The van der Waals surface area contributed by atoms with Gasteiger partial charge in [0.1, 0.15) is 0 Å². The topological polar surface area (TPSA) is 69.6 Å². The number of carboxylic acid groups (broad SMARTS) is 1. The lowest BCUT2D eigenvalue weighted by molar-refractivity contribution is -0.147. The highest BCUT2D eigenvalue weighted by atomic mass is 16.4. The maximum Gasteiger partial charge on any atom is 0.317 e. The molecule has 2 aliphatic rings. The highest BCUT2D eigenvalue weighted by Crippen LogP contribution is 2.35. The summed E-state index contributed by atoms with van der Waals surface area (Å²) in [6.45, 7) is 4.54. The Morgan fingerprint density at radius 3 is 2.57 bits per heavy atom. The van der Waals surface area contributed by atoms with Crippen molar-refractivity contribution in [2.24, 2.45) is 11.3 Å². The molecule has 0 radical (unpaired) electrons. The molecule has 21 heavy (non-hydrogen) atoms. The molecule has 2 amide bonds. The molecule has 0 aromatic carbocycles. The van der Waals surface area contributed by atoms with Crippen molar-refractivity contribution in [1.82, 2.24) is 10.2 Å². The first-order valence-corrected chi connectivity index (χ1v) is 8.26. The monoisotopic (exact) mass is 296 g/mol. The minimum atomic E-state index is -0.878. The minimum Gasteiger partial charge on any atom is -0.481 e. The van der Waals surface area contributed by atoms with Gasteiger partial charge in [0.05, 0.1) is 5.41 Å². The van der Waals surface area contributed by atoms with E-state index in [2.05, 4.69) is 5.32 Å². The smallest absolute Gasteiger partial charge is 0.317 e. The maximum absolute atomic E-state index is 12.5. The normalized spacial score (nSPS) is 28.4. The van der Waals surface area contributed by atoms with Crippen LogP contribution in [0.1, 0.15) is 58.8 Å². The zero-order chi connectivity index (χ0) is 15.5. The Labute approximate surface area is 127 Å². The Morgan fingerprint density at radius 2 is 1.90 bits per heavy atom. The van der Waals surface area contributed by atoms with Gasteiger partial charge >= 0.3 is 12.0 Å². The number of fused-ring (bicyclic) bond motifs is 1. The molecular formula is C16H28N2O3. The van der Waals surface area contributed by atoms with E-state index in [-0.39, 0.29) is 12.6 Å². The maximum atomic E-state index is 12.5. The first-order chi connectivity index (χ1) is 9.98.